The smallest absolute Gasteiger partial charge is 0.342 e. The first-order valence-corrected chi connectivity index (χ1v) is 8.48. The highest BCUT2D eigenvalue weighted by atomic mass is 16.5. The van der Waals surface area contributed by atoms with Crippen LogP contribution in [0.4, 0.5) is 0 Å². The van der Waals surface area contributed by atoms with E-state index < -0.39 is 18.2 Å². The van der Waals surface area contributed by atoms with Gasteiger partial charge in [-0.15, -0.1) is 0 Å². The summed E-state index contributed by atoms with van der Waals surface area (Å²) in [6, 6.07) is 2.46. The van der Waals surface area contributed by atoms with E-state index in [9.17, 15) is 25.2 Å². The van der Waals surface area contributed by atoms with Crippen molar-refractivity contribution >= 4 is 5.97 Å². The molecule has 0 bridgehead atoms. The molecule has 0 amide bonds. The van der Waals surface area contributed by atoms with Crippen molar-refractivity contribution in [2.75, 3.05) is 0 Å². The van der Waals surface area contributed by atoms with Crippen molar-refractivity contribution in [3.63, 3.8) is 0 Å². The van der Waals surface area contributed by atoms with Crippen LogP contribution >= 0.6 is 0 Å². The fraction of sp³-hybridized carbons (Fsp3) is 0.611. The lowest BCUT2D eigenvalue weighted by atomic mass is 9.96. The van der Waals surface area contributed by atoms with E-state index in [2.05, 4.69) is 0 Å². The number of ether oxygens (including phenoxy) is 1. The number of aromatic hydroxyl groups is 2. The Balaban J connectivity index is 2.28. The van der Waals surface area contributed by atoms with Crippen LogP contribution in [0.2, 0.25) is 0 Å². The Kier molecular flexibility index (Phi) is 6.45. The molecule has 0 spiro atoms. The van der Waals surface area contributed by atoms with Crippen LogP contribution in [0.3, 0.4) is 0 Å². The average molecular weight is 338 g/mol. The van der Waals surface area contributed by atoms with E-state index in [1.165, 1.54) is 6.07 Å². The van der Waals surface area contributed by atoms with E-state index in [0.717, 1.165) is 12.5 Å². The van der Waals surface area contributed by atoms with Crippen LogP contribution < -0.4 is 0 Å². The maximum atomic E-state index is 12.4. The van der Waals surface area contributed by atoms with Crippen LogP contribution in [-0.4, -0.2) is 44.7 Å². The number of esters is 1. The summed E-state index contributed by atoms with van der Waals surface area (Å²) >= 11 is 0. The molecule has 6 nitrogen and oxygen atoms in total. The first-order chi connectivity index (χ1) is 11.4. The number of benzene rings is 1. The van der Waals surface area contributed by atoms with Gasteiger partial charge in [0.1, 0.15) is 17.1 Å². The minimum Gasteiger partial charge on any atom is -0.508 e. The van der Waals surface area contributed by atoms with E-state index in [4.69, 9.17) is 4.74 Å². The largest absolute Gasteiger partial charge is 0.508 e. The van der Waals surface area contributed by atoms with Crippen molar-refractivity contribution in [2.45, 2.75) is 70.2 Å². The van der Waals surface area contributed by atoms with Gasteiger partial charge in [0, 0.05) is 6.07 Å². The normalized spacial score (nSPS) is 27.0. The molecule has 0 saturated heterocycles. The molecule has 0 unspecified atom stereocenters. The quantitative estimate of drug-likeness (QED) is 0.541. The summed E-state index contributed by atoms with van der Waals surface area (Å²) in [5, 5.41) is 39.8. The Morgan fingerprint density at radius 1 is 1.00 bits per heavy atom. The Morgan fingerprint density at radius 2 is 1.62 bits per heavy atom. The third-order valence-corrected chi connectivity index (χ3v) is 4.37. The number of phenolic OH excluding ortho intramolecular Hbond substituents is 2. The lowest BCUT2D eigenvalue weighted by molar-refractivity contribution is 0.0303. The first kappa shape index (κ1) is 18.5. The molecule has 3 atom stereocenters. The number of rotatable bonds is 0. The van der Waals surface area contributed by atoms with E-state index in [1.54, 1.807) is 6.92 Å². The highest BCUT2D eigenvalue weighted by Crippen LogP contribution is 2.30. The molecule has 0 saturated carbocycles. The summed E-state index contributed by atoms with van der Waals surface area (Å²) in [6.45, 7) is 1.77. The second-order valence-electron chi connectivity index (χ2n) is 6.59. The number of aliphatic hydroxyl groups excluding tert-OH is 2. The highest BCUT2D eigenvalue weighted by molar-refractivity contribution is 5.94. The minimum atomic E-state index is -0.731. The van der Waals surface area contributed by atoms with Gasteiger partial charge in [-0.2, -0.15) is 0 Å². The second-order valence-corrected chi connectivity index (χ2v) is 6.59. The monoisotopic (exact) mass is 338 g/mol. The van der Waals surface area contributed by atoms with Crippen molar-refractivity contribution in [2.24, 2.45) is 0 Å². The molecule has 0 aromatic heterocycles. The fourth-order valence-corrected chi connectivity index (χ4v) is 3.10. The van der Waals surface area contributed by atoms with Crippen molar-refractivity contribution in [1.29, 1.82) is 0 Å². The first-order valence-electron chi connectivity index (χ1n) is 8.48. The van der Waals surface area contributed by atoms with Crippen molar-refractivity contribution in [3.8, 4) is 11.5 Å². The van der Waals surface area contributed by atoms with E-state index in [-0.39, 0.29) is 29.6 Å². The molecule has 1 aromatic rings. The molecule has 0 aliphatic carbocycles. The van der Waals surface area contributed by atoms with Crippen LogP contribution in [0.1, 0.15) is 61.4 Å². The van der Waals surface area contributed by atoms with Crippen molar-refractivity contribution in [1.82, 2.24) is 0 Å². The maximum Gasteiger partial charge on any atom is 0.342 e. The second kappa shape index (κ2) is 8.35. The summed E-state index contributed by atoms with van der Waals surface area (Å²) in [5.41, 5.74) is 0.352. The standard InChI is InChI=1S/C18H26O6/c1-11-4-2-5-13(19)6-3-7-14(20)8-12-9-15(21)10-16(22)17(12)18(23)24-11/h9-11,13-14,19-22H,2-8H2,1H3/t11-,13-,14-/m0/s1. The van der Waals surface area contributed by atoms with Gasteiger partial charge in [-0.1, -0.05) is 0 Å². The Labute approximate surface area is 141 Å². The molecule has 1 heterocycles. The summed E-state index contributed by atoms with van der Waals surface area (Å²) in [6.07, 6.45) is 2.37. The summed E-state index contributed by atoms with van der Waals surface area (Å²) in [5.74, 6) is -1.19. The molecule has 1 aliphatic rings. The summed E-state index contributed by atoms with van der Waals surface area (Å²) < 4.78 is 5.37. The zero-order valence-electron chi connectivity index (χ0n) is 13.9. The Bertz CT molecular complexity index is 571. The Hall–Kier alpha value is -1.79. The van der Waals surface area contributed by atoms with Crippen molar-refractivity contribution < 1.29 is 30.0 Å². The van der Waals surface area contributed by atoms with Gasteiger partial charge in [-0.3, -0.25) is 0 Å². The highest BCUT2D eigenvalue weighted by Gasteiger charge is 2.23. The van der Waals surface area contributed by atoms with E-state index in [0.29, 0.717) is 37.7 Å². The zero-order chi connectivity index (χ0) is 17.7. The molecule has 0 fully saturated rings. The molecular weight excluding hydrogens is 312 g/mol. The number of carbonyl (C=O) groups excluding carboxylic acids is 1. The topological polar surface area (TPSA) is 107 Å². The van der Waals surface area contributed by atoms with E-state index >= 15 is 0 Å². The number of carbonyl (C=O) groups is 1. The van der Waals surface area contributed by atoms with Crippen LogP contribution in [0.5, 0.6) is 11.5 Å². The molecule has 134 valence electrons. The van der Waals surface area contributed by atoms with Crippen LogP contribution in [0.15, 0.2) is 12.1 Å². The number of phenols is 2. The lowest BCUT2D eigenvalue weighted by Crippen LogP contribution is -2.20. The number of hydrogen-bond donors (Lipinski definition) is 4. The average Bonchev–Trinajstić information content (AvgIpc) is 2.45. The molecular formula is C18H26O6. The molecule has 4 N–H and O–H groups in total. The number of fused-ring (bicyclic) bond motifs is 1. The van der Waals surface area contributed by atoms with Crippen LogP contribution in [-0.2, 0) is 11.2 Å². The van der Waals surface area contributed by atoms with Gasteiger partial charge in [-0.25, -0.2) is 4.79 Å². The van der Waals surface area contributed by atoms with Gasteiger partial charge in [0.05, 0.1) is 18.3 Å². The molecule has 6 heteroatoms. The molecule has 1 aromatic carbocycles. The van der Waals surface area contributed by atoms with Gasteiger partial charge in [0.2, 0.25) is 0 Å². The SMILES string of the molecule is C[C@H]1CCC[C@H](O)CCC[C@H](O)Cc2cc(O)cc(O)c2C(=O)O1. The van der Waals surface area contributed by atoms with E-state index in [1.807, 2.05) is 0 Å². The summed E-state index contributed by atoms with van der Waals surface area (Å²) in [4.78, 5) is 12.4. The zero-order valence-corrected chi connectivity index (χ0v) is 13.9. The third-order valence-electron chi connectivity index (χ3n) is 4.37. The molecule has 2 rings (SSSR count). The van der Waals surface area contributed by atoms with Crippen LogP contribution in [0.25, 0.3) is 0 Å². The number of hydrogen-bond acceptors (Lipinski definition) is 6. The third kappa shape index (κ3) is 5.11. The molecule has 1 aliphatic heterocycles. The van der Waals surface area contributed by atoms with Gasteiger partial charge in [0.25, 0.3) is 0 Å². The van der Waals surface area contributed by atoms with Gasteiger partial charge in [0.15, 0.2) is 0 Å². The molecule has 0 radical (unpaired) electrons. The van der Waals surface area contributed by atoms with Gasteiger partial charge >= 0.3 is 5.97 Å². The minimum absolute atomic E-state index is 0.00389. The lowest BCUT2D eigenvalue weighted by Gasteiger charge is -2.20. The maximum absolute atomic E-state index is 12.4. The molecule has 24 heavy (non-hydrogen) atoms. The van der Waals surface area contributed by atoms with Gasteiger partial charge in [-0.05, 0) is 63.5 Å². The Morgan fingerprint density at radius 3 is 2.33 bits per heavy atom. The van der Waals surface area contributed by atoms with Crippen molar-refractivity contribution in [3.05, 3.63) is 23.3 Å². The van der Waals surface area contributed by atoms with Crippen LogP contribution in [0, 0.1) is 0 Å². The predicted molar refractivity (Wildman–Crippen MR) is 88.1 cm³/mol. The van der Waals surface area contributed by atoms with Gasteiger partial charge < -0.3 is 25.2 Å². The number of aliphatic hydroxyl groups is 2. The fourth-order valence-electron chi connectivity index (χ4n) is 3.10. The number of cyclic esters (lactones) is 1. The predicted octanol–water partition coefficient (Wildman–Crippen LogP) is 2.26. The summed E-state index contributed by atoms with van der Waals surface area (Å²) in [7, 11) is 0.